The fourth-order valence-electron chi connectivity index (χ4n) is 3.30. The Bertz CT molecular complexity index is 513. The Hall–Kier alpha value is -1.10. The number of piperidine rings is 1. The van der Waals surface area contributed by atoms with E-state index in [2.05, 4.69) is 5.32 Å². The highest BCUT2D eigenvalue weighted by Crippen LogP contribution is 2.27. The van der Waals surface area contributed by atoms with Crippen LogP contribution in [0.3, 0.4) is 0 Å². The average Bonchev–Trinajstić information content (AvgIpc) is 2.53. The summed E-state index contributed by atoms with van der Waals surface area (Å²) in [6, 6.07) is 7.36. The third kappa shape index (κ3) is 4.93. The standard InChI is InChI=1S/C18H28ClN3O/c1-20-10-7-14-8-11-22(12-9-14)18(23)17(21(2)3)15-5-4-6-16(19)13-15/h4-6,13-14,17,20H,7-12H2,1-3H3. The van der Waals surface area contributed by atoms with Gasteiger partial charge >= 0.3 is 0 Å². The monoisotopic (exact) mass is 337 g/mol. The molecule has 1 heterocycles. The van der Waals surface area contributed by atoms with E-state index in [1.165, 1.54) is 6.42 Å². The number of likely N-dealkylation sites (tertiary alicyclic amines) is 1. The van der Waals surface area contributed by atoms with E-state index in [-0.39, 0.29) is 11.9 Å². The smallest absolute Gasteiger partial charge is 0.244 e. The van der Waals surface area contributed by atoms with E-state index in [1.807, 2.05) is 55.2 Å². The zero-order valence-electron chi connectivity index (χ0n) is 14.4. The number of rotatable bonds is 6. The first-order valence-corrected chi connectivity index (χ1v) is 8.76. The summed E-state index contributed by atoms with van der Waals surface area (Å²) in [7, 11) is 5.89. The van der Waals surface area contributed by atoms with Crippen LogP contribution in [-0.4, -0.2) is 56.5 Å². The molecule has 5 heteroatoms. The number of hydrogen-bond acceptors (Lipinski definition) is 3. The first-order valence-electron chi connectivity index (χ1n) is 8.38. The van der Waals surface area contributed by atoms with Gasteiger partial charge in [0, 0.05) is 18.1 Å². The molecule has 1 atom stereocenters. The van der Waals surface area contributed by atoms with Crippen LogP contribution >= 0.6 is 11.6 Å². The number of nitrogens with zero attached hydrogens (tertiary/aromatic N) is 2. The Morgan fingerprint density at radius 2 is 2.09 bits per heavy atom. The normalized spacial score (nSPS) is 17.5. The van der Waals surface area contributed by atoms with E-state index in [9.17, 15) is 4.79 Å². The van der Waals surface area contributed by atoms with Gasteiger partial charge in [0.15, 0.2) is 0 Å². The van der Waals surface area contributed by atoms with Gasteiger partial charge in [-0.15, -0.1) is 0 Å². The molecule has 1 unspecified atom stereocenters. The van der Waals surface area contributed by atoms with Crippen LogP contribution in [0, 0.1) is 5.92 Å². The third-order valence-corrected chi connectivity index (χ3v) is 4.88. The minimum atomic E-state index is -0.262. The number of halogens is 1. The molecule has 0 aliphatic carbocycles. The Morgan fingerprint density at radius 1 is 1.39 bits per heavy atom. The summed E-state index contributed by atoms with van der Waals surface area (Å²) in [5.74, 6) is 0.916. The average molecular weight is 338 g/mol. The molecule has 0 bridgehead atoms. The van der Waals surface area contributed by atoms with Crippen molar-refractivity contribution in [1.29, 1.82) is 0 Å². The predicted octanol–water partition coefficient (Wildman–Crippen LogP) is 2.79. The molecule has 128 valence electrons. The largest absolute Gasteiger partial charge is 0.341 e. The molecular weight excluding hydrogens is 310 g/mol. The van der Waals surface area contributed by atoms with E-state index < -0.39 is 0 Å². The summed E-state index contributed by atoms with van der Waals surface area (Å²) in [4.78, 5) is 17.0. The molecule has 0 aromatic heterocycles. The van der Waals surface area contributed by atoms with Crippen molar-refractivity contribution in [2.75, 3.05) is 40.8 Å². The molecule has 1 N–H and O–H groups in total. The van der Waals surface area contributed by atoms with E-state index in [4.69, 9.17) is 11.6 Å². The number of likely N-dealkylation sites (N-methyl/N-ethyl adjacent to an activating group) is 1. The number of benzene rings is 1. The van der Waals surface area contributed by atoms with E-state index >= 15 is 0 Å². The zero-order valence-corrected chi connectivity index (χ0v) is 15.1. The Balaban J connectivity index is 2.02. The van der Waals surface area contributed by atoms with Crippen molar-refractivity contribution >= 4 is 17.5 Å². The third-order valence-electron chi connectivity index (χ3n) is 4.64. The van der Waals surface area contributed by atoms with Gasteiger partial charge < -0.3 is 10.2 Å². The van der Waals surface area contributed by atoms with Crippen molar-refractivity contribution < 1.29 is 4.79 Å². The fourth-order valence-corrected chi connectivity index (χ4v) is 3.50. The molecule has 0 saturated carbocycles. The first kappa shape index (κ1) is 18.2. The maximum Gasteiger partial charge on any atom is 0.244 e. The van der Waals surface area contributed by atoms with Crippen LogP contribution in [0.5, 0.6) is 0 Å². The van der Waals surface area contributed by atoms with Gasteiger partial charge in [0.1, 0.15) is 6.04 Å². The van der Waals surface area contributed by atoms with Crippen LogP contribution in [0.4, 0.5) is 0 Å². The van der Waals surface area contributed by atoms with Gasteiger partial charge in [0.05, 0.1) is 0 Å². The van der Waals surface area contributed by atoms with E-state index in [0.717, 1.165) is 44.0 Å². The van der Waals surface area contributed by atoms with Crippen LogP contribution < -0.4 is 5.32 Å². The first-order chi connectivity index (χ1) is 11.0. The highest BCUT2D eigenvalue weighted by molar-refractivity contribution is 6.30. The number of hydrogen-bond donors (Lipinski definition) is 1. The summed E-state index contributed by atoms with van der Waals surface area (Å²) in [6.07, 6.45) is 3.40. The van der Waals surface area contributed by atoms with Gasteiger partial charge in [-0.3, -0.25) is 9.69 Å². The molecule has 4 nitrogen and oxygen atoms in total. The van der Waals surface area contributed by atoms with Crippen LogP contribution in [0.1, 0.15) is 30.9 Å². The number of amides is 1. The molecule has 0 radical (unpaired) electrons. The maximum absolute atomic E-state index is 13.0. The number of carbonyl (C=O) groups is 1. The van der Waals surface area contributed by atoms with Crippen molar-refractivity contribution in [1.82, 2.24) is 15.1 Å². The lowest BCUT2D eigenvalue weighted by Gasteiger charge is -2.36. The topological polar surface area (TPSA) is 35.6 Å². The molecule has 1 fully saturated rings. The van der Waals surface area contributed by atoms with Crippen LogP contribution in [-0.2, 0) is 4.79 Å². The van der Waals surface area contributed by atoms with E-state index in [0.29, 0.717) is 5.02 Å². The van der Waals surface area contributed by atoms with Gasteiger partial charge in [-0.1, -0.05) is 23.7 Å². The van der Waals surface area contributed by atoms with Gasteiger partial charge in [-0.25, -0.2) is 0 Å². The summed E-state index contributed by atoms with van der Waals surface area (Å²) in [6.45, 7) is 2.78. The second kappa shape index (κ2) is 8.67. The van der Waals surface area contributed by atoms with E-state index in [1.54, 1.807) is 0 Å². The minimum Gasteiger partial charge on any atom is -0.341 e. The molecule has 1 amide bonds. The zero-order chi connectivity index (χ0) is 16.8. The molecule has 1 aliphatic rings. The molecule has 0 spiro atoms. The van der Waals surface area contributed by atoms with Crippen LogP contribution in [0.15, 0.2) is 24.3 Å². The highest BCUT2D eigenvalue weighted by Gasteiger charge is 2.30. The lowest BCUT2D eigenvalue weighted by atomic mass is 9.92. The number of nitrogens with one attached hydrogen (secondary N) is 1. The summed E-state index contributed by atoms with van der Waals surface area (Å²) in [5, 5.41) is 3.88. The fraction of sp³-hybridized carbons (Fsp3) is 0.611. The quantitative estimate of drug-likeness (QED) is 0.867. The Labute approximate surface area is 144 Å². The van der Waals surface area contributed by atoms with Crippen molar-refractivity contribution in [2.45, 2.75) is 25.3 Å². The van der Waals surface area contributed by atoms with Gasteiger partial charge in [-0.05, 0) is 70.6 Å². The SMILES string of the molecule is CNCCC1CCN(C(=O)C(c2cccc(Cl)c2)N(C)C)CC1. The molecule has 23 heavy (non-hydrogen) atoms. The second-order valence-corrected chi connectivity index (χ2v) is 7.02. The van der Waals surface area contributed by atoms with Crippen molar-refractivity contribution in [3.8, 4) is 0 Å². The molecule has 1 aromatic rings. The molecule has 1 aliphatic heterocycles. The maximum atomic E-state index is 13.0. The molecular formula is C18H28ClN3O. The lowest BCUT2D eigenvalue weighted by Crippen LogP contribution is -2.44. The van der Waals surface area contributed by atoms with Gasteiger partial charge in [0.25, 0.3) is 0 Å². The summed E-state index contributed by atoms with van der Waals surface area (Å²) in [5.41, 5.74) is 0.963. The van der Waals surface area contributed by atoms with Crippen molar-refractivity contribution in [3.05, 3.63) is 34.9 Å². The van der Waals surface area contributed by atoms with Crippen LogP contribution in [0.2, 0.25) is 5.02 Å². The summed E-state index contributed by atoms with van der Waals surface area (Å²) >= 11 is 6.10. The summed E-state index contributed by atoms with van der Waals surface area (Å²) < 4.78 is 0. The predicted molar refractivity (Wildman–Crippen MR) is 95.7 cm³/mol. The second-order valence-electron chi connectivity index (χ2n) is 6.58. The highest BCUT2D eigenvalue weighted by atomic mass is 35.5. The lowest BCUT2D eigenvalue weighted by molar-refractivity contribution is -0.137. The van der Waals surface area contributed by atoms with Crippen molar-refractivity contribution in [2.24, 2.45) is 5.92 Å². The number of carbonyl (C=O) groups excluding carboxylic acids is 1. The minimum absolute atomic E-state index is 0.185. The Morgan fingerprint density at radius 3 is 2.65 bits per heavy atom. The van der Waals surface area contributed by atoms with Gasteiger partial charge in [-0.2, -0.15) is 0 Å². The molecule has 1 aromatic carbocycles. The van der Waals surface area contributed by atoms with Crippen molar-refractivity contribution in [3.63, 3.8) is 0 Å². The molecule has 2 rings (SSSR count). The van der Waals surface area contributed by atoms with Crippen LogP contribution in [0.25, 0.3) is 0 Å². The van der Waals surface area contributed by atoms with Gasteiger partial charge in [0.2, 0.25) is 5.91 Å². The molecule has 1 saturated heterocycles. The Kier molecular flexibility index (Phi) is 6.88.